The van der Waals surface area contributed by atoms with Crippen molar-refractivity contribution in [3.8, 4) is 27.9 Å². The van der Waals surface area contributed by atoms with E-state index in [9.17, 15) is 0 Å². The molecule has 0 amide bonds. The first kappa shape index (κ1) is 22.3. The molecule has 0 aliphatic heterocycles. The molecule has 3 aromatic heterocycles. The topological polar surface area (TPSA) is 31.2 Å². The summed E-state index contributed by atoms with van der Waals surface area (Å²) in [4.78, 5) is 0. The van der Waals surface area contributed by atoms with Crippen molar-refractivity contribution in [3.63, 3.8) is 0 Å². The lowest BCUT2D eigenvalue weighted by Crippen LogP contribution is -1.92. The van der Waals surface area contributed by atoms with E-state index in [0.717, 1.165) is 66.2 Å². The summed E-state index contributed by atoms with van der Waals surface area (Å²) in [6.45, 7) is 0. The summed E-state index contributed by atoms with van der Waals surface area (Å²) in [6.07, 6.45) is 0. The Balaban J connectivity index is 1.22. The molecule has 0 atom stereocenters. The molecule has 3 nitrogen and oxygen atoms in total. The zero-order valence-corrected chi connectivity index (χ0v) is 22.0. The fourth-order valence-electron chi connectivity index (χ4n) is 6.28. The zero-order chi connectivity index (χ0) is 26.9. The molecular weight excluding hydrogens is 502 g/mol. The largest absolute Gasteiger partial charge is 0.456 e. The van der Waals surface area contributed by atoms with Crippen LogP contribution in [0, 0.1) is 0 Å². The van der Waals surface area contributed by atoms with Gasteiger partial charge in [-0.25, -0.2) is 0 Å². The van der Waals surface area contributed by atoms with Crippen molar-refractivity contribution >= 4 is 54.9 Å². The second-order valence-corrected chi connectivity index (χ2v) is 10.6. The zero-order valence-electron chi connectivity index (χ0n) is 22.0. The van der Waals surface area contributed by atoms with Crippen molar-refractivity contribution in [1.29, 1.82) is 0 Å². The van der Waals surface area contributed by atoms with Gasteiger partial charge in [0.2, 0.25) is 0 Å². The van der Waals surface area contributed by atoms with E-state index >= 15 is 0 Å². The molecule has 192 valence electrons. The van der Waals surface area contributed by atoms with Gasteiger partial charge in [0.25, 0.3) is 0 Å². The van der Waals surface area contributed by atoms with E-state index < -0.39 is 0 Å². The highest BCUT2D eigenvalue weighted by Gasteiger charge is 2.19. The molecule has 0 N–H and O–H groups in total. The lowest BCUT2D eigenvalue weighted by molar-refractivity contribution is 0.669. The molecule has 0 spiro atoms. The Morgan fingerprint density at radius 3 is 1.80 bits per heavy atom. The number of aromatic nitrogens is 1. The molecule has 0 aliphatic carbocycles. The van der Waals surface area contributed by atoms with Crippen molar-refractivity contribution in [2.24, 2.45) is 0 Å². The summed E-state index contributed by atoms with van der Waals surface area (Å²) in [5, 5.41) is 4.51. The minimum atomic E-state index is 0.891. The number of benzene rings is 6. The second-order valence-electron chi connectivity index (χ2n) is 10.6. The van der Waals surface area contributed by atoms with Gasteiger partial charge in [0, 0.05) is 27.2 Å². The molecule has 0 radical (unpaired) electrons. The quantitative estimate of drug-likeness (QED) is 0.230. The normalized spacial score (nSPS) is 11.9. The number of hydrogen-bond acceptors (Lipinski definition) is 2. The Kier molecular flexibility index (Phi) is 4.61. The van der Waals surface area contributed by atoms with Crippen LogP contribution in [0.4, 0.5) is 0 Å². The maximum Gasteiger partial charge on any atom is 0.161 e. The standard InChI is InChI=1S/C38H23NO2/c1-2-11-28(12-3-1)39-33-15-6-4-14-30(33)38-37(39)32-23-27(18-20-36(32)41-38)25-10-8-9-24(21-25)26-17-19-35-31(22-26)29-13-5-7-16-34(29)40-35/h1-23H. The molecule has 9 rings (SSSR count). The molecule has 0 saturated carbocycles. The molecule has 41 heavy (non-hydrogen) atoms. The highest BCUT2D eigenvalue weighted by atomic mass is 16.3. The van der Waals surface area contributed by atoms with Crippen molar-refractivity contribution < 1.29 is 8.83 Å². The van der Waals surface area contributed by atoms with Crippen LogP contribution < -0.4 is 0 Å². The van der Waals surface area contributed by atoms with Crippen LogP contribution in [0.5, 0.6) is 0 Å². The summed E-state index contributed by atoms with van der Waals surface area (Å²) in [7, 11) is 0. The number of fused-ring (bicyclic) bond motifs is 8. The van der Waals surface area contributed by atoms with E-state index in [0.29, 0.717) is 0 Å². The monoisotopic (exact) mass is 525 g/mol. The Hall–Kier alpha value is -5.54. The molecule has 0 bridgehead atoms. The van der Waals surface area contributed by atoms with Crippen molar-refractivity contribution in [2.75, 3.05) is 0 Å². The summed E-state index contributed by atoms with van der Waals surface area (Å²) < 4.78 is 14.9. The Morgan fingerprint density at radius 1 is 0.390 bits per heavy atom. The molecule has 0 unspecified atom stereocenters. The second kappa shape index (κ2) is 8.48. The fourth-order valence-corrected chi connectivity index (χ4v) is 6.28. The smallest absolute Gasteiger partial charge is 0.161 e. The van der Waals surface area contributed by atoms with Crippen molar-refractivity contribution in [2.45, 2.75) is 0 Å². The molecule has 6 aromatic carbocycles. The third kappa shape index (κ3) is 3.33. The number of furan rings is 2. The molecular formula is C38H23NO2. The molecule has 0 saturated heterocycles. The van der Waals surface area contributed by atoms with Gasteiger partial charge in [-0.15, -0.1) is 0 Å². The van der Waals surface area contributed by atoms with Crippen LogP contribution >= 0.6 is 0 Å². The van der Waals surface area contributed by atoms with E-state index in [-0.39, 0.29) is 0 Å². The average Bonchev–Trinajstić information content (AvgIpc) is 3.70. The van der Waals surface area contributed by atoms with Gasteiger partial charge in [-0.1, -0.05) is 78.9 Å². The van der Waals surface area contributed by atoms with Gasteiger partial charge in [0.05, 0.1) is 5.52 Å². The van der Waals surface area contributed by atoms with E-state index in [1.807, 2.05) is 12.1 Å². The minimum absolute atomic E-state index is 0.891. The van der Waals surface area contributed by atoms with Crippen LogP contribution in [0.15, 0.2) is 148 Å². The summed E-state index contributed by atoms with van der Waals surface area (Å²) >= 11 is 0. The molecule has 0 fully saturated rings. The van der Waals surface area contributed by atoms with Gasteiger partial charge in [-0.3, -0.25) is 0 Å². The molecule has 3 heteroatoms. The van der Waals surface area contributed by atoms with Crippen LogP contribution in [-0.2, 0) is 0 Å². The third-order valence-electron chi connectivity index (χ3n) is 8.20. The summed E-state index contributed by atoms with van der Waals surface area (Å²) in [6, 6.07) is 49.0. The first-order valence-corrected chi connectivity index (χ1v) is 13.9. The Morgan fingerprint density at radius 2 is 1.00 bits per heavy atom. The maximum atomic E-state index is 6.49. The van der Waals surface area contributed by atoms with Crippen LogP contribution in [0.2, 0.25) is 0 Å². The highest BCUT2D eigenvalue weighted by molar-refractivity contribution is 6.17. The van der Waals surface area contributed by atoms with Crippen molar-refractivity contribution in [3.05, 3.63) is 140 Å². The Labute approximate surface area is 235 Å². The van der Waals surface area contributed by atoms with Gasteiger partial charge in [-0.2, -0.15) is 0 Å². The summed E-state index contributed by atoms with van der Waals surface area (Å²) in [5.74, 6) is 0. The van der Waals surface area contributed by atoms with Gasteiger partial charge < -0.3 is 13.4 Å². The molecule has 3 heterocycles. The average molecular weight is 526 g/mol. The summed E-state index contributed by atoms with van der Waals surface area (Å²) in [5.41, 5.74) is 11.7. The molecule has 0 aliphatic rings. The first-order chi connectivity index (χ1) is 20.3. The van der Waals surface area contributed by atoms with E-state index in [2.05, 4.69) is 132 Å². The van der Waals surface area contributed by atoms with Crippen LogP contribution in [-0.4, -0.2) is 4.57 Å². The number of para-hydroxylation sites is 3. The number of nitrogens with zero attached hydrogens (tertiary/aromatic N) is 1. The van der Waals surface area contributed by atoms with Gasteiger partial charge >= 0.3 is 0 Å². The first-order valence-electron chi connectivity index (χ1n) is 13.9. The number of rotatable bonds is 3. The SMILES string of the molecule is c1ccc(-n2c3ccccc3c3oc4ccc(-c5cccc(-c6ccc7oc8ccccc8c7c6)c5)cc4c32)cc1. The maximum absolute atomic E-state index is 6.49. The molecule has 9 aromatic rings. The van der Waals surface area contributed by atoms with Gasteiger partial charge in [-0.05, 0) is 82.9 Å². The van der Waals surface area contributed by atoms with Gasteiger partial charge in [0.15, 0.2) is 5.58 Å². The van der Waals surface area contributed by atoms with E-state index in [1.165, 1.54) is 16.7 Å². The fraction of sp³-hybridized carbons (Fsp3) is 0. The van der Waals surface area contributed by atoms with Crippen LogP contribution in [0.25, 0.3) is 82.9 Å². The third-order valence-corrected chi connectivity index (χ3v) is 8.20. The lowest BCUT2D eigenvalue weighted by Gasteiger charge is -2.09. The minimum Gasteiger partial charge on any atom is -0.456 e. The Bertz CT molecular complexity index is 2420. The van der Waals surface area contributed by atoms with E-state index in [1.54, 1.807) is 0 Å². The predicted molar refractivity (Wildman–Crippen MR) is 169 cm³/mol. The van der Waals surface area contributed by atoms with E-state index in [4.69, 9.17) is 8.83 Å². The van der Waals surface area contributed by atoms with Crippen LogP contribution in [0.1, 0.15) is 0 Å². The predicted octanol–water partition coefficient (Wildman–Crippen LogP) is 10.8. The lowest BCUT2D eigenvalue weighted by atomic mass is 9.97. The highest BCUT2D eigenvalue weighted by Crippen LogP contribution is 2.40. The van der Waals surface area contributed by atoms with Gasteiger partial charge in [0.1, 0.15) is 22.3 Å². The number of hydrogen-bond donors (Lipinski definition) is 0. The van der Waals surface area contributed by atoms with Crippen molar-refractivity contribution in [1.82, 2.24) is 4.57 Å². The van der Waals surface area contributed by atoms with Crippen LogP contribution in [0.3, 0.4) is 0 Å².